The second-order valence-corrected chi connectivity index (χ2v) is 5.42. The average Bonchev–Trinajstić information content (AvgIpc) is 2.52. The lowest BCUT2D eigenvalue weighted by Crippen LogP contribution is -2.16. The molecule has 0 aliphatic heterocycles. The summed E-state index contributed by atoms with van der Waals surface area (Å²) in [6.45, 7) is 2.13. The minimum atomic E-state index is 0.270. The minimum absolute atomic E-state index is 0.270. The van der Waals surface area contributed by atoms with Gasteiger partial charge >= 0.3 is 0 Å². The molecule has 1 heterocycles. The van der Waals surface area contributed by atoms with Crippen LogP contribution in [0.15, 0.2) is 41.0 Å². The second kappa shape index (κ2) is 7.43. The van der Waals surface area contributed by atoms with Crippen LogP contribution in [-0.4, -0.2) is 19.1 Å². The third kappa shape index (κ3) is 3.95. The lowest BCUT2D eigenvalue weighted by Gasteiger charge is -2.14. The van der Waals surface area contributed by atoms with Crippen molar-refractivity contribution in [3.63, 3.8) is 0 Å². The summed E-state index contributed by atoms with van der Waals surface area (Å²) in [4.78, 5) is 4.45. The molecule has 2 rings (SSSR count). The minimum Gasteiger partial charge on any atom is -0.497 e. The first-order valence-electron chi connectivity index (χ1n) is 6.82. The number of benzene rings is 1. The highest BCUT2D eigenvalue weighted by molar-refractivity contribution is 9.10. The molecule has 0 aliphatic carbocycles. The van der Waals surface area contributed by atoms with Gasteiger partial charge < -0.3 is 14.8 Å². The first-order chi connectivity index (χ1) is 10.2. The molecule has 2 aromatic rings. The van der Waals surface area contributed by atoms with E-state index in [1.54, 1.807) is 13.3 Å². The largest absolute Gasteiger partial charge is 0.497 e. The van der Waals surface area contributed by atoms with Crippen molar-refractivity contribution in [3.8, 4) is 17.2 Å². The zero-order valence-corrected chi connectivity index (χ0v) is 14.0. The summed E-state index contributed by atoms with van der Waals surface area (Å²) in [6.07, 6.45) is 2.74. The maximum atomic E-state index is 5.83. The van der Waals surface area contributed by atoms with Crippen molar-refractivity contribution in [1.29, 1.82) is 0 Å². The van der Waals surface area contributed by atoms with Gasteiger partial charge in [0, 0.05) is 6.04 Å². The fourth-order valence-electron chi connectivity index (χ4n) is 2.04. The van der Waals surface area contributed by atoms with Crippen molar-refractivity contribution in [1.82, 2.24) is 10.3 Å². The van der Waals surface area contributed by atoms with Crippen LogP contribution < -0.4 is 14.8 Å². The third-order valence-electron chi connectivity index (χ3n) is 3.24. The number of ether oxygens (including phenoxy) is 2. The molecule has 0 bridgehead atoms. The van der Waals surface area contributed by atoms with Gasteiger partial charge in [0.15, 0.2) is 0 Å². The van der Waals surface area contributed by atoms with Gasteiger partial charge in [0.05, 0.1) is 23.5 Å². The molecule has 0 amide bonds. The van der Waals surface area contributed by atoms with Crippen LogP contribution in [-0.2, 0) is 0 Å². The highest BCUT2D eigenvalue weighted by Gasteiger charge is 2.09. The summed E-state index contributed by atoms with van der Waals surface area (Å²) in [7, 11) is 3.57. The van der Waals surface area contributed by atoms with Gasteiger partial charge in [-0.05, 0) is 59.7 Å². The zero-order chi connectivity index (χ0) is 15.2. The first kappa shape index (κ1) is 15.8. The van der Waals surface area contributed by atoms with Gasteiger partial charge in [-0.15, -0.1) is 0 Å². The van der Waals surface area contributed by atoms with Gasteiger partial charge in [0.1, 0.15) is 17.2 Å². The Morgan fingerprint density at radius 1 is 1.24 bits per heavy atom. The molecule has 112 valence electrons. The molecule has 1 unspecified atom stereocenters. The topological polar surface area (TPSA) is 43.4 Å². The lowest BCUT2D eigenvalue weighted by molar-refractivity contribution is 0.412. The molecule has 0 aliphatic rings. The standard InChI is InChI=1S/C16H19BrN2O2/c1-4-14(18-2)15-7-5-12(10-19-15)21-16-8-6-11(20-3)9-13(16)17/h5-10,14,18H,4H2,1-3H3. The summed E-state index contributed by atoms with van der Waals surface area (Å²) >= 11 is 3.47. The Bertz CT molecular complexity index is 583. The molecule has 1 N–H and O–H groups in total. The molecule has 21 heavy (non-hydrogen) atoms. The number of aromatic nitrogens is 1. The van der Waals surface area contributed by atoms with E-state index in [0.717, 1.165) is 28.1 Å². The zero-order valence-electron chi connectivity index (χ0n) is 12.4. The van der Waals surface area contributed by atoms with Crippen LogP contribution in [0.3, 0.4) is 0 Å². The second-order valence-electron chi connectivity index (χ2n) is 4.57. The van der Waals surface area contributed by atoms with Crippen LogP contribution >= 0.6 is 15.9 Å². The van der Waals surface area contributed by atoms with E-state index in [2.05, 4.69) is 33.2 Å². The summed E-state index contributed by atoms with van der Waals surface area (Å²) in [6, 6.07) is 9.77. The molecule has 1 atom stereocenters. The van der Waals surface area contributed by atoms with E-state index < -0.39 is 0 Å². The summed E-state index contributed by atoms with van der Waals surface area (Å²) in [5, 5.41) is 3.23. The van der Waals surface area contributed by atoms with Gasteiger partial charge in [-0.25, -0.2) is 0 Å². The molecule has 1 aromatic carbocycles. The fraction of sp³-hybridized carbons (Fsp3) is 0.312. The Morgan fingerprint density at radius 3 is 2.52 bits per heavy atom. The molecule has 1 aromatic heterocycles. The van der Waals surface area contributed by atoms with Gasteiger partial charge in [-0.2, -0.15) is 0 Å². The molecular weight excluding hydrogens is 332 g/mol. The van der Waals surface area contributed by atoms with Crippen LogP contribution in [0.4, 0.5) is 0 Å². The van der Waals surface area contributed by atoms with Crippen molar-refractivity contribution < 1.29 is 9.47 Å². The van der Waals surface area contributed by atoms with E-state index in [9.17, 15) is 0 Å². The summed E-state index contributed by atoms with van der Waals surface area (Å²) in [5.41, 5.74) is 1.01. The van der Waals surface area contributed by atoms with E-state index >= 15 is 0 Å². The third-order valence-corrected chi connectivity index (χ3v) is 3.86. The van der Waals surface area contributed by atoms with Crippen LogP contribution in [0.5, 0.6) is 17.2 Å². The molecule has 0 radical (unpaired) electrons. The highest BCUT2D eigenvalue weighted by atomic mass is 79.9. The van der Waals surface area contributed by atoms with Gasteiger partial charge in [-0.3, -0.25) is 4.98 Å². The van der Waals surface area contributed by atoms with Gasteiger partial charge in [0.25, 0.3) is 0 Å². The Kier molecular flexibility index (Phi) is 5.59. The predicted molar refractivity (Wildman–Crippen MR) is 87.1 cm³/mol. The number of rotatable bonds is 6. The Morgan fingerprint density at radius 2 is 2.00 bits per heavy atom. The number of pyridine rings is 1. The molecule has 0 fully saturated rings. The lowest BCUT2D eigenvalue weighted by atomic mass is 10.1. The number of hydrogen-bond acceptors (Lipinski definition) is 4. The predicted octanol–water partition coefficient (Wildman–Crippen LogP) is 4.32. The highest BCUT2D eigenvalue weighted by Crippen LogP contribution is 2.32. The molecule has 0 saturated heterocycles. The van der Waals surface area contributed by atoms with E-state index in [-0.39, 0.29) is 6.04 Å². The maximum absolute atomic E-state index is 5.83. The summed E-state index contributed by atoms with van der Waals surface area (Å²) in [5.74, 6) is 2.21. The van der Waals surface area contributed by atoms with Crippen LogP contribution in [0.25, 0.3) is 0 Å². The number of halogens is 1. The molecular formula is C16H19BrN2O2. The van der Waals surface area contributed by atoms with Crippen molar-refractivity contribution in [2.45, 2.75) is 19.4 Å². The molecule has 5 heteroatoms. The Labute approximate surface area is 133 Å². The fourth-order valence-corrected chi connectivity index (χ4v) is 2.48. The normalized spacial score (nSPS) is 12.0. The van der Waals surface area contributed by atoms with Gasteiger partial charge in [0.2, 0.25) is 0 Å². The van der Waals surface area contributed by atoms with E-state index in [4.69, 9.17) is 9.47 Å². The van der Waals surface area contributed by atoms with E-state index in [0.29, 0.717) is 5.75 Å². The number of nitrogens with zero attached hydrogens (tertiary/aromatic N) is 1. The molecule has 4 nitrogen and oxygen atoms in total. The SMILES string of the molecule is CCC(NC)c1ccc(Oc2ccc(OC)cc2Br)cn1. The van der Waals surface area contributed by atoms with Crippen LogP contribution in [0.1, 0.15) is 25.1 Å². The van der Waals surface area contributed by atoms with Crippen molar-refractivity contribution >= 4 is 15.9 Å². The van der Waals surface area contributed by atoms with Crippen LogP contribution in [0, 0.1) is 0 Å². The smallest absolute Gasteiger partial charge is 0.145 e. The Hall–Kier alpha value is -1.59. The average molecular weight is 351 g/mol. The van der Waals surface area contributed by atoms with Crippen LogP contribution in [0.2, 0.25) is 0 Å². The van der Waals surface area contributed by atoms with Crippen molar-refractivity contribution in [2.24, 2.45) is 0 Å². The molecule has 0 saturated carbocycles. The quantitative estimate of drug-likeness (QED) is 0.842. The first-order valence-corrected chi connectivity index (χ1v) is 7.61. The van der Waals surface area contributed by atoms with Crippen molar-refractivity contribution in [2.75, 3.05) is 14.2 Å². The Balaban J connectivity index is 2.13. The monoisotopic (exact) mass is 350 g/mol. The maximum Gasteiger partial charge on any atom is 0.145 e. The number of hydrogen-bond donors (Lipinski definition) is 1. The number of methoxy groups -OCH3 is 1. The summed E-state index contributed by atoms with van der Waals surface area (Å²) < 4.78 is 11.8. The van der Waals surface area contributed by atoms with E-state index in [1.807, 2.05) is 37.4 Å². The molecule has 0 spiro atoms. The van der Waals surface area contributed by atoms with E-state index in [1.165, 1.54) is 0 Å². The van der Waals surface area contributed by atoms with Gasteiger partial charge in [-0.1, -0.05) is 6.92 Å². The number of nitrogens with one attached hydrogen (secondary N) is 1. The van der Waals surface area contributed by atoms with Crippen molar-refractivity contribution in [3.05, 3.63) is 46.7 Å².